The molecule has 0 aromatic carbocycles. The van der Waals surface area contributed by atoms with Gasteiger partial charge in [0.15, 0.2) is 0 Å². The first kappa shape index (κ1) is 34.3. The van der Waals surface area contributed by atoms with Crippen LogP contribution in [0.4, 0.5) is 0 Å². The zero-order valence-corrected chi connectivity index (χ0v) is 27.6. The van der Waals surface area contributed by atoms with E-state index in [-0.39, 0.29) is 10.8 Å². The van der Waals surface area contributed by atoms with Crippen LogP contribution in [0, 0.1) is 22.7 Å². The standard InChI is InChI=1S/C40H56O/c1-31(19-13-11-12-14-25-37-35(5)29-36(41-10)30-40(37,8)9)20-15-16-21-32(2)22-17-23-33(3)26-27-38-34(4)24-18-28-39(38,6)7/h11-27,35-37H,28-30H2,1-10H3/b12-11+,16-15+,19-13+,22-17+,25-14+,27-26+,31-20+,32-21+,33-23+/t35?,36-,37?/m1/s1. The molecule has 222 valence electrons. The molecule has 2 unspecified atom stereocenters. The Morgan fingerprint density at radius 1 is 0.805 bits per heavy atom. The van der Waals surface area contributed by atoms with Crippen LogP contribution in [0.3, 0.4) is 0 Å². The summed E-state index contributed by atoms with van der Waals surface area (Å²) < 4.78 is 5.66. The topological polar surface area (TPSA) is 9.23 Å². The van der Waals surface area contributed by atoms with Crippen molar-refractivity contribution in [2.24, 2.45) is 22.7 Å². The summed E-state index contributed by atoms with van der Waals surface area (Å²) in [6, 6.07) is 0. The second kappa shape index (κ2) is 16.5. The zero-order chi connectivity index (χ0) is 30.5. The van der Waals surface area contributed by atoms with Crippen LogP contribution in [-0.4, -0.2) is 13.2 Å². The summed E-state index contributed by atoms with van der Waals surface area (Å²) in [7, 11) is 1.84. The van der Waals surface area contributed by atoms with Gasteiger partial charge in [-0.05, 0) is 80.8 Å². The molecule has 1 heteroatoms. The van der Waals surface area contributed by atoms with Crippen molar-refractivity contribution in [2.75, 3.05) is 7.11 Å². The number of methoxy groups -OCH3 is 1. The highest BCUT2D eigenvalue weighted by atomic mass is 16.5. The second-order valence-electron chi connectivity index (χ2n) is 13.3. The largest absolute Gasteiger partial charge is 0.381 e. The maximum atomic E-state index is 5.66. The summed E-state index contributed by atoms with van der Waals surface area (Å²) in [4.78, 5) is 0. The fourth-order valence-electron chi connectivity index (χ4n) is 6.06. The SMILES string of the molecule is CO[C@@H]1CC(C)C(/C=C/C=C/C=C/C(C)=C/C=C/C=C(C)/C=C/C=C(C)/C=C/C2=C(C)C=CCC2(C)C)C(C)(C)C1. The number of hydrogen-bond donors (Lipinski definition) is 0. The van der Waals surface area contributed by atoms with Crippen LogP contribution in [0.5, 0.6) is 0 Å². The average Bonchev–Trinajstić information content (AvgIpc) is 2.88. The molecule has 0 bridgehead atoms. The third kappa shape index (κ3) is 11.9. The van der Waals surface area contributed by atoms with Crippen LogP contribution in [-0.2, 0) is 4.74 Å². The minimum absolute atomic E-state index is 0.202. The van der Waals surface area contributed by atoms with E-state index >= 15 is 0 Å². The summed E-state index contributed by atoms with van der Waals surface area (Å²) in [6.45, 7) is 20.4. The molecule has 0 aromatic heterocycles. The van der Waals surface area contributed by atoms with Crippen molar-refractivity contribution in [3.8, 4) is 0 Å². The van der Waals surface area contributed by atoms with E-state index in [1.165, 1.54) is 27.9 Å². The molecule has 0 saturated heterocycles. The predicted octanol–water partition coefficient (Wildman–Crippen LogP) is 11.6. The Balaban J connectivity index is 1.83. The molecule has 1 nitrogen and oxygen atoms in total. The fraction of sp³-hybridized carbons (Fsp3) is 0.450. The van der Waals surface area contributed by atoms with Gasteiger partial charge in [0.1, 0.15) is 0 Å². The van der Waals surface area contributed by atoms with Crippen molar-refractivity contribution in [2.45, 2.75) is 87.7 Å². The molecule has 0 aliphatic heterocycles. The van der Waals surface area contributed by atoms with Crippen molar-refractivity contribution in [3.63, 3.8) is 0 Å². The molecule has 1 fully saturated rings. The smallest absolute Gasteiger partial charge is 0.0579 e. The lowest BCUT2D eigenvalue weighted by atomic mass is 9.63. The Hall–Kier alpha value is -2.90. The molecule has 0 aromatic rings. The van der Waals surface area contributed by atoms with Gasteiger partial charge in [-0.3, -0.25) is 0 Å². The molecule has 2 rings (SSSR count). The van der Waals surface area contributed by atoms with Gasteiger partial charge >= 0.3 is 0 Å². The minimum Gasteiger partial charge on any atom is -0.381 e. The van der Waals surface area contributed by atoms with Gasteiger partial charge in [-0.15, -0.1) is 0 Å². The fourth-order valence-corrected chi connectivity index (χ4v) is 6.06. The number of hydrogen-bond acceptors (Lipinski definition) is 1. The maximum absolute atomic E-state index is 5.66. The van der Waals surface area contributed by atoms with E-state index in [1.807, 2.05) is 7.11 Å². The summed E-state index contributed by atoms with van der Waals surface area (Å²) in [6.07, 6.45) is 40.8. The van der Waals surface area contributed by atoms with Gasteiger partial charge in [0.05, 0.1) is 6.10 Å². The molecule has 0 N–H and O–H groups in total. The van der Waals surface area contributed by atoms with E-state index in [1.54, 1.807) is 0 Å². The molecule has 0 amide bonds. The van der Waals surface area contributed by atoms with Crippen LogP contribution in [0.2, 0.25) is 0 Å². The number of ether oxygens (including phenoxy) is 1. The zero-order valence-electron chi connectivity index (χ0n) is 27.6. The maximum Gasteiger partial charge on any atom is 0.0579 e. The molecule has 0 radical (unpaired) electrons. The summed E-state index contributed by atoms with van der Waals surface area (Å²) in [5.41, 5.74) is 6.95. The summed E-state index contributed by atoms with van der Waals surface area (Å²) in [5, 5.41) is 0. The van der Waals surface area contributed by atoms with Crippen molar-refractivity contribution in [1.29, 1.82) is 0 Å². The predicted molar refractivity (Wildman–Crippen MR) is 183 cm³/mol. The van der Waals surface area contributed by atoms with E-state index in [4.69, 9.17) is 4.74 Å². The Morgan fingerprint density at radius 2 is 1.39 bits per heavy atom. The van der Waals surface area contributed by atoms with Gasteiger partial charge in [-0.1, -0.05) is 155 Å². The van der Waals surface area contributed by atoms with Gasteiger partial charge in [-0.25, -0.2) is 0 Å². The lowest BCUT2D eigenvalue weighted by Gasteiger charge is -2.44. The third-order valence-corrected chi connectivity index (χ3v) is 8.46. The van der Waals surface area contributed by atoms with Crippen molar-refractivity contribution in [1.82, 2.24) is 0 Å². The van der Waals surface area contributed by atoms with E-state index in [2.05, 4.69) is 166 Å². The lowest BCUT2D eigenvalue weighted by molar-refractivity contribution is -0.0192. The van der Waals surface area contributed by atoms with Crippen molar-refractivity contribution < 1.29 is 4.74 Å². The van der Waals surface area contributed by atoms with Gasteiger partial charge in [0.2, 0.25) is 0 Å². The van der Waals surface area contributed by atoms with Crippen LogP contribution < -0.4 is 0 Å². The highest BCUT2D eigenvalue weighted by molar-refractivity contribution is 5.42. The van der Waals surface area contributed by atoms with Crippen molar-refractivity contribution in [3.05, 3.63) is 131 Å². The number of rotatable bonds is 11. The normalized spacial score (nSPS) is 26.4. The van der Waals surface area contributed by atoms with E-state index in [0.717, 1.165) is 19.3 Å². The average molecular weight is 553 g/mol. The Kier molecular flexibility index (Phi) is 13.8. The van der Waals surface area contributed by atoms with Crippen LogP contribution in [0.15, 0.2) is 131 Å². The third-order valence-electron chi connectivity index (χ3n) is 8.46. The second-order valence-corrected chi connectivity index (χ2v) is 13.3. The molecule has 0 spiro atoms. The molecule has 2 aliphatic rings. The first-order chi connectivity index (χ1) is 19.4. The van der Waals surface area contributed by atoms with E-state index < -0.39 is 0 Å². The monoisotopic (exact) mass is 552 g/mol. The van der Waals surface area contributed by atoms with Gasteiger partial charge < -0.3 is 4.74 Å². The van der Waals surface area contributed by atoms with E-state index in [0.29, 0.717) is 17.9 Å². The molecular formula is C40H56O. The number of allylic oxidation sites excluding steroid dienone is 22. The molecule has 41 heavy (non-hydrogen) atoms. The van der Waals surface area contributed by atoms with Crippen LogP contribution in [0.25, 0.3) is 0 Å². The Morgan fingerprint density at radius 3 is 2.00 bits per heavy atom. The Bertz CT molecular complexity index is 1190. The van der Waals surface area contributed by atoms with Crippen molar-refractivity contribution >= 4 is 0 Å². The summed E-state index contributed by atoms with van der Waals surface area (Å²) >= 11 is 0. The quantitative estimate of drug-likeness (QED) is 0.232. The molecule has 0 heterocycles. The van der Waals surface area contributed by atoms with Crippen LogP contribution >= 0.6 is 0 Å². The molecule has 3 atom stereocenters. The van der Waals surface area contributed by atoms with Gasteiger partial charge in [0, 0.05) is 7.11 Å². The Labute approximate surface area is 252 Å². The highest BCUT2D eigenvalue weighted by Gasteiger charge is 2.39. The van der Waals surface area contributed by atoms with Crippen LogP contribution in [0.1, 0.15) is 81.6 Å². The first-order valence-electron chi connectivity index (χ1n) is 15.3. The molecule has 1 saturated carbocycles. The summed E-state index contributed by atoms with van der Waals surface area (Å²) in [5.74, 6) is 1.22. The minimum atomic E-state index is 0.202. The van der Waals surface area contributed by atoms with E-state index in [9.17, 15) is 0 Å². The molecular weight excluding hydrogens is 496 g/mol. The highest BCUT2D eigenvalue weighted by Crippen LogP contribution is 2.45. The van der Waals surface area contributed by atoms with Gasteiger partial charge in [0.25, 0.3) is 0 Å². The molecule has 2 aliphatic carbocycles. The first-order valence-corrected chi connectivity index (χ1v) is 15.3. The van der Waals surface area contributed by atoms with Gasteiger partial charge in [-0.2, -0.15) is 0 Å². The lowest BCUT2D eigenvalue weighted by Crippen LogP contribution is -2.39.